The predicted molar refractivity (Wildman–Crippen MR) is 116 cm³/mol. The second-order valence-corrected chi connectivity index (χ2v) is 8.09. The number of carbonyl (C=O) groups excluding carboxylic acids is 1. The maximum Gasteiger partial charge on any atom is 0.266 e. The van der Waals surface area contributed by atoms with Crippen LogP contribution >= 0.6 is 24.0 Å². The number of hydrogen-bond acceptors (Lipinski definition) is 4. The summed E-state index contributed by atoms with van der Waals surface area (Å²) in [4.78, 5) is 14.9. The van der Waals surface area contributed by atoms with Crippen LogP contribution in [0, 0.1) is 0 Å². The molecule has 2 aromatic carbocycles. The van der Waals surface area contributed by atoms with Crippen molar-refractivity contribution >= 4 is 62.0 Å². The van der Waals surface area contributed by atoms with Crippen LogP contribution in [0.25, 0.3) is 39.1 Å². The molecule has 5 rings (SSSR count). The summed E-state index contributed by atoms with van der Waals surface area (Å²) in [5, 5.41) is 3.26. The van der Waals surface area contributed by atoms with E-state index in [1.807, 2.05) is 49.4 Å². The Morgan fingerprint density at radius 2 is 1.85 bits per heavy atom. The van der Waals surface area contributed by atoms with Gasteiger partial charge in [0.05, 0.1) is 4.91 Å². The van der Waals surface area contributed by atoms with Gasteiger partial charge in [0, 0.05) is 23.1 Å². The smallest absolute Gasteiger partial charge is 0.266 e. The number of para-hydroxylation sites is 1. The molecular formula is C22H15NO2S2. The lowest BCUT2D eigenvalue weighted by Gasteiger charge is -2.09. The predicted octanol–water partition coefficient (Wildman–Crippen LogP) is 5.91. The molecule has 0 bridgehead atoms. The van der Waals surface area contributed by atoms with Crippen LogP contribution in [0.1, 0.15) is 12.5 Å². The number of nitrogens with zero attached hydrogens (tertiary/aromatic N) is 1. The van der Waals surface area contributed by atoms with E-state index in [9.17, 15) is 4.79 Å². The minimum Gasteiger partial charge on any atom is -0.455 e. The number of thioether (sulfide) groups is 1. The Morgan fingerprint density at radius 3 is 2.63 bits per heavy atom. The standard InChI is InChI=1S/C22H15NO2S2/c1-2-23-21(24)19(27-22(23)26)12-17-15-9-5-4-8-14(15)16-11-13-7-3-6-10-18(13)25-20(16)17/h3-12H,2H2,1H3. The number of benzene rings is 2. The summed E-state index contributed by atoms with van der Waals surface area (Å²) in [5.41, 5.74) is 2.82. The van der Waals surface area contributed by atoms with Gasteiger partial charge in [0.1, 0.15) is 15.7 Å². The van der Waals surface area contributed by atoms with Gasteiger partial charge in [-0.1, -0.05) is 66.4 Å². The molecule has 27 heavy (non-hydrogen) atoms. The van der Waals surface area contributed by atoms with E-state index in [2.05, 4.69) is 18.2 Å². The van der Waals surface area contributed by atoms with Gasteiger partial charge in [0.25, 0.3) is 5.91 Å². The molecule has 0 radical (unpaired) electrons. The lowest BCUT2D eigenvalue weighted by Crippen LogP contribution is -2.27. The molecule has 0 aromatic heterocycles. The maximum absolute atomic E-state index is 12.7. The molecule has 2 heterocycles. The fourth-order valence-electron chi connectivity index (χ4n) is 3.60. The Bertz CT molecular complexity index is 1240. The maximum atomic E-state index is 12.7. The van der Waals surface area contributed by atoms with Crippen LogP contribution in [-0.4, -0.2) is 21.7 Å². The van der Waals surface area contributed by atoms with Crippen LogP contribution in [0.5, 0.6) is 0 Å². The summed E-state index contributed by atoms with van der Waals surface area (Å²) >= 11 is 6.70. The van der Waals surface area contributed by atoms with Crippen LogP contribution in [0.4, 0.5) is 0 Å². The van der Waals surface area contributed by atoms with Crippen molar-refractivity contribution in [1.29, 1.82) is 0 Å². The summed E-state index contributed by atoms with van der Waals surface area (Å²) in [6.07, 6.45) is 1.93. The first-order chi connectivity index (χ1) is 13.2. The third kappa shape index (κ3) is 2.50. The molecule has 0 saturated carbocycles. The molecule has 0 unspecified atom stereocenters. The van der Waals surface area contributed by atoms with Gasteiger partial charge < -0.3 is 4.42 Å². The lowest BCUT2D eigenvalue weighted by molar-refractivity contribution is -0.121. The average Bonchev–Trinajstić information content (AvgIpc) is 3.14. The van der Waals surface area contributed by atoms with Crippen LogP contribution < -0.4 is 0 Å². The number of likely N-dealkylation sites (N-methyl/N-ethyl adjacent to an activating group) is 1. The quantitative estimate of drug-likeness (QED) is 0.315. The fraction of sp³-hybridized carbons (Fsp3) is 0.0909. The van der Waals surface area contributed by atoms with Crippen LogP contribution in [-0.2, 0) is 4.79 Å². The Labute approximate surface area is 166 Å². The first-order valence-corrected chi connectivity index (χ1v) is 9.98. The average molecular weight is 390 g/mol. The fourth-order valence-corrected chi connectivity index (χ4v) is 4.97. The van der Waals surface area contributed by atoms with Gasteiger partial charge in [-0.3, -0.25) is 9.69 Å². The summed E-state index contributed by atoms with van der Waals surface area (Å²) in [6.45, 7) is 2.52. The van der Waals surface area contributed by atoms with Crippen molar-refractivity contribution in [2.75, 3.05) is 6.54 Å². The normalized spacial score (nSPS) is 16.5. The van der Waals surface area contributed by atoms with E-state index in [4.69, 9.17) is 16.6 Å². The molecule has 2 aromatic rings. The molecule has 132 valence electrons. The van der Waals surface area contributed by atoms with Crippen molar-refractivity contribution in [3.8, 4) is 11.3 Å². The van der Waals surface area contributed by atoms with Gasteiger partial charge >= 0.3 is 0 Å². The SMILES string of the molecule is CCN1C(=O)C(=Cc2c3oc4ccccc4cc-3c3ccccc23)SC1=S. The molecule has 0 N–H and O–H groups in total. The van der Waals surface area contributed by atoms with Crippen molar-refractivity contribution in [2.45, 2.75) is 6.92 Å². The zero-order valence-corrected chi connectivity index (χ0v) is 16.2. The molecule has 1 amide bonds. The highest BCUT2D eigenvalue weighted by atomic mass is 32.2. The van der Waals surface area contributed by atoms with Gasteiger partial charge in [0.15, 0.2) is 0 Å². The molecule has 5 heteroatoms. The zero-order chi connectivity index (χ0) is 18.5. The highest BCUT2D eigenvalue weighted by Gasteiger charge is 2.31. The second kappa shape index (κ2) is 6.22. The van der Waals surface area contributed by atoms with E-state index in [1.165, 1.54) is 11.8 Å². The Hall–Kier alpha value is -2.63. The number of fused-ring (bicyclic) bond motifs is 4. The molecule has 2 aliphatic heterocycles. The molecule has 3 aliphatic rings. The Balaban J connectivity index is 1.81. The highest BCUT2D eigenvalue weighted by molar-refractivity contribution is 8.26. The molecular weight excluding hydrogens is 374 g/mol. The van der Waals surface area contributed by atoms with Gasteiger partial charge in [-0.05, 0) is 35.9 Å². The number of hydrogen-bond donors (Lipinski definition) is 0. The van der Waals surface area contributed by atoms with Crippen molar-refractivity contribution in [2.24, 2.45) is 0 Å². The summed E-state index contributed by atoms with van der Waals surface area (Å²) in [5.74, 6) is 0.767. The number of amides is 1. The monoisotopic (exact) mass is 389 g/mol. The highest BCUT2D eigenvalue weighted by Crippen LogP contribution is 2.44. The van der Waals surface area contributed by atoms with E-state index >= 15 is 0 Å². The Kier molecular flexibility index (Phi) is 3.81. The summed E-state index contributed by atoms with van der Waals surface area (Å²) in [7, 11) is 0. The molecule has 1 saturated heterocycles. The molecule has 1 fully saturated rings. The van der Waals surface area contributed by atoms with Gasteiger partial charge in [-0.15, -0.1) is 0 Å². The Morgan fingerprint density at radius 1 is 1.11 bits per heavy atom. The van der Waals surface area contributed by atoms with Gasteiger partial charge in [0.2, 0.25) is 0 Å². The topological polar surface area (TPSA) is 33.5 Å². The van der Waals surface area contributed by atoms with Crippen LogP contribution in [0.2, 0.25) is 0 Å². The third-order valence-corrected chi connectivity index (χ3v) is 6.27. The van der Waals surface area contributed by atoms with Crippen LogP contribution in [0.3, 0.4) is 0 Å². The van der Waals surface area contributed by atoms with Gasteiger partial charge in [-0.2, -0.15) is 0 Å². The van der Waals surface area contributed by atoms with E-state index in [1.54, 1.807) is 4.90 Å². The van der Waals surface area contributed by atoms with Crippen molar-refractivity contribution in [3.63, 3.8) is 0 Å². The van der Waals surface area contributed by atoms with Crippen molar-refractivity contribution in [1.82, 2.24) is 4.90 Å². The first-order valence-electron chi connectivity index (χ1n) is 8.75. The number of thiocarbonyl (C=S) groups is 1. The second-order valence-electron chi connectivity index (χ2n) is 6.41. The number of rotatable bonds is 2. The van der Waals surface area contributed by atoms with E-state index in [0.717, 1.165) is 38.6 Å². The van der Waals surface area contributed by atoms with Crippen molar-refractivity contribution in [3.05, 3.63) is 65.1 Å². The molecule has 0 atom stereocenters. The minimum absolute atomic E-state index is 0.0354. The molecule has 0 spiro atoms. The molecule has 3 nitrogen and oxygen atoms in total. The largest absolute Gasteiger partial charge is 0.455 e. The van der Waals surface area contributed by atoms with Crippen LogP contribution in [0.15, 0.2) is 63.9 Å². The van der Waals surface area contributed by atoms with Gasteiger partial charge in [-0.25, -0.2) is 0 Å². The minimum atomic E-state index is -0.0354. The van der Waals surface area contributed by atoms with Crippen molar-refractivity contribution < 1.29 is 9.21 Å². The summed E-state index contributed by atoms with van der Waals surface area (Å²) < 4.78 is 6.88. The first kappa shape index (κ1) is 16.5. The summed E-state index contributed by atoms with van der Waals surface area (Å²) in [6, 6.07) is 18.3. The lowest BCUT2D eigenvalue weighted by atomic mass is 10.1. The molecule has 1 aliphatic carbocycles. The van der Waals surface area contributed by atoms with E-state index < -0.39 is 0 Å². The van der Waals surface area contributed by atoms with E-state index in [0.29, 0.717) is 15.8 Å². The van der Waals surface area contributed by atoms with E-state index in [-0.39, 0.29) is 5.91 Å². The number of carbonyl (C=O) groups is 1. The third-order valence-electron chi connectivity index (χ3n) is 4.89. The zero-order valence-electron chi connectivity index (χ0n) is 14.6.